The predicted octanol–water partition coefficient (Wildman–Crippen LogP) is 3.19. The summed E-state index contributed by atoms with van der Waals surface area (Å²) in [6, 6.07) is 5.64. The van der Waals surface area contributed by atoms with Gasteiger partial charge in [0.1, 0.15) is 0 Å². The molecule has 1 heterocycles. The van der Waals surface area contributed by atoms with Gasteiger partial charge in [-0.25, -0.2) is 0 Å². The second kappa shape index (κ2) is 5.00. The minimum atomic E-state index is -0.0926. The monoisotopic (exact) mass is 295 g/mol. The molecule has 1 aromatic carbocycles. The Morgan fingerprint density at radius 3 is 2.18 bits per heavy atom. The van der Waals surface area contributed by atoms with E-state index in [1.54, 1.807) is 0 Å². The fraction of sp³-hybridized carbons (Fsp3) is 0.385. The van der Waals surface area contributed by atoms with E-state index in [1.165, 1.54) is 4.90 Å². The van der Waals surface area contributed by atoms with Gasteiger partial charge in [-0.3, -0.25) is 14.5 Å². The number of benzene rings is 1. The number of aryl methyl sites for hydroxylation is 1. The standard InChI is InChI=1S/C13H14BrNO2/c1-9-6-10(14)8-11(7-9)15-12(16)4-2-3-5-13(15)17/h6-8H,2-5H2,1H3. The van der Waals surface area contributed by atoms with Crippen LogP contribution in [0.15, 0.2) is 22.7 Å². The molecule has 2 amide bonds. The third-order valence-electron chi connectivity index (χ3n) is 2.82. The lowest BCUT2D eigenvalue weighted by Crippen LogP contribution is -2.35. The van der Waals surface area contributed by atoms with Crippen LogP contribution in [0, 0.1) is 6.92 Å². The number of carbonyl (C=O) groups is 2. The summed E-state index contributed by atoms with van der Waals surface area (Å²) in [5.41, 5.74) is 1.70. The second-order valence-corrected chi connectivity index (χ2v) is 5.23. The SMILES string of the molecule is Cc1cc(Br)cc(N2C(=O)CCCCC2=O)c1. The highest BCUT2D eigenvalue weighted by Gasteiger charge is 2.25. The summed E-state index contributed by atoms with van der Waals surface area (Å²) < 4.78 is 0.886. The lowest BCUT2D eigenvalue weighted by atomic mass is 10.2. The maximum absolute atomic E-state index is 11.9. The molecule has 90 valence electrons. The topological polar surface area (TPSA) is 37.4 Å². The largest absolute Gasteiger partial charge is 0.274 e. The van der Waals surface area contributed by atoms with Crippen LogP contribution in [0.3, 0.4) is 0 Å². The maximum atomic E-state index is 11.9. The van der Waals surface area contributed by atoms with Crippen molar-refractivity contribution >= 4 is 33.4 Å². The van der Waals surface area contributed by atoms with Gasteiger partial charge in [-0.2, -0.15) is 0 Å². The Morgan fingerprint density at radius 2 is 1.65 bits per heavy atom. The van der Waals surface area contributed by atoms with Crippen LogP contribution in [0.1, 0.15) is 31.2 Å². The first-order chi connectivity index (χ1) is 8.08. The molecular weight excluding hydrogens is 282 g/mol. The summed E-state index contributed by atoms with van der Waals surface area (Å²) in [6.07, 6.45) is 2.51. The van der Waals surface area contributed by atoms with Crippen LogP contribution in [0.5, 0.6) is 0 Å². The number of hydrogen-bond acceptors (Lipinski definition) is 2. The molecule has 0 bridgehead atoms. The predicted molar refractivity (Wildman–Crippen MR) is 69.8 cm³/mol. The third-order valence-corrected chi connectivity index (χ3v) is 3.27. The molecule has 0 N–H and O–H groups in total. The number of nitrogens with zero attached hydrogens (tertiary/aromatic N) is 1. The quantitative estimate of drug-likeness (QED) is 0.746. The van der Waals surface area contributed by atoms with E-state index in [9.17, 15) is 9.59 Å². The molecule has 0 radical (unpaired) electrons. The van der Waals surface area contributed by atoms with Gasteiger partial charge in [0.15, 0.2) is 0 Å². The molecule has 1 fully saturated rings. The number of imide groups is 1. The van der Waals surface area contributed by atoms with Crippen molar-refractivity contribution in [3.05, 3.63) is 28.2 Å². The molecule has 1 aliphatic heterocycles. The summed E-state index contributed by atoms with van der Waals surface area (Å²) >= 11 is 3.39. The maximum Gasteiger partial charge on any atom is 0.233 e. The Labute approximate surface area is 109 Å². The van der Waals surface area contributed by atoms with E-state index in [0.717, 1.165) is 22.9 Å². The molecule has 3 nitrogen and oxygen atoms in total. The van der Waals surface area contributed by atoms with Crippen LogP contribution in [-0.4, -0.2) is 11.8 Å². The van der Waals surface area contributed by atoms with Crippen molar-refractivity contribution in [1.82, 2.24) is 0 Å². The van der Waals surface area contributed by atoms with Crippen molar-refractivity contribution in [2.45, 2.75) is 32.6 Å². The smallest absolute Gasteiger partial charge is 0.233 e. The summed E-state index contributed by atoms with van der Waals surface area (Å²) in [5, 5.41) is 0. The highest BCUT2D eigenvalue weighted by molar-refractivity contribution is 9.10. The van der Waals surface area contributed by atoms with Gasteiger partial charge < -0.3 is 0 Å². The number of anilines is 1. The molecule has 0 spiro atoms. The van der Waals surface area contributed by atoms with Gasteiger partial charge in [-0.05, 0) is 43.5 Å². The number of carbonyl (C=O) groups excluding carboxylic acids is 2. The highest BCUT2D eigenvalue weighted by Crippen LogP contribution is 2.26. The molecule has 1 saturated heterocycles. The van der Waals surface area contributed by atoms with E-state index in [1.807, 2.05) is 25.1 Å². The van der Waals surface area contributed by atoms with E-state index >= 15 is 0 Å². The third kappa shape index (κ3) is 2.75. The zero-order valence-electron chi connectivity index (χ0n) is 9.70. The van der Waals surface area contributed by atoms with Gasteiger partial charge in [0.05, 0.1) is 5.69 Å². The first-order valence-corrected chi connectivity index (χ1v) is 6.50. The first kappa shape index (κ1) is 12.3. The van der Waals surface area contributed by atoms with Crippen molar-refractivity contribution in [1.29, 1.82) is 0 Å². The Kier molecular flexibility index (Phi) is 3.62. The lowest BCUT2D eigenvalue weighted by Gasteiger charge is -2.19. The van der Waals surface area contributed by atoms with Gasteiger partial charge in [0.2, 0.25) is 11.8 Å². The molecule has 0 atom stereocenters. The van der Waals surface area contributed by atoms with E-state index < -0.39 is 0 Å². The van der Waals surface area contributed by atoms with E-state index in [0.29, 0.717) is 18.5 Å². The van der Waals surface area contributed by atoms with Gasteiger partial charge in [0, 0.05) is 17.3 Å². The number of halogens is 1. The summed E-state index contributed by atoms with van der Waals surface area (Å²) in [7, 11) is 0. The van der Waals surface area contributed by atoms with Crippen LogP contribution in [0.4, 0.5) is 5.69 Å². The fourth-order valence-electron chi connectivity index (χ4n) is 2.05. The number of amides is 2. The summed E-state index contributed by atoms with van der Waals surface area (Å²) in [6.45, 7) is 1.95. The normalized spacial score (nSPS) is 17.2. The molecule has 0 saturated carbocycles. The van der Waals surface area contributed by atoms with Gasteiger partial charge in [-0.1, -0.05) is 15.9 Å². The fourth-order valence-corrected chi connectivity index (χ4v) is 2.64. The minimum Gasteiger partial charge on any atom is -0.274 e. The number of hydrogen-bond donors (Lipinski definition) is 0. The lowest BCUT2D eigenvalue weighted by molar-refractivity contribution is -0.125. The van der Waals surface area contributed by atoms with Crippen LogP contribution in [0.2, 0.25) is 0 Å². The van der Waals surface area contributed by atoms with Crippen molar-refractivity contribution < 1.29 is 9.59 Å². The molecule has 4 heteroatoms. The zero-order valence-corrected chi connectivity index (χ0v) is 11.3. The average molecular weight is 296 g/mol. The van der Waals surface area contributed by atoms with E-state index in [4.69, 9.17) is 0 Å². The number of rotatable bonds is 1. The van der Waals surface area contributed by atoms with Crippen LogP contribution < -0.4 is 4.90 Å². The highest BCUT2D eigenvalue weighted by atomic mass is 79.9. The minimum absolute atomic E-state index is 0.0926. The molecule has 17 heavy (non-hydrogen) atoms. The van der Waals surface area contributed by atoms with Gasteiger partial charge in [-0.15, -0.1) is 0 Å². The molecule has 0 unspecified atom stereocenters. The van der Waals surface area contributed by atoms with Crippen LogP contribution in [-0.2, 0) is 9.59 Å². The van der Waals surface area contributed by atoms with E-state index in [2.05, 4.69) is 15.9 Å². The van der Waals surface area contributed by atoms with E-state index in [-0.39, 0.29) is 11.8 Å². The Balaban J connectivity index is 2.41. The van der Waals surface area contributed by atoms with Crippen molar-refractivity contribution in [2.24, 2.45) is 0 Å². The molecule has 0 aliphatic carbocycles. The Morgan fingerprint density at radius 1 is 1.06 bits per heavy atom. The van der Waals surface area contributed by atoms with Crippen LogP contribution >= 0.6 is 15.9 Å². The van der Waals surface area contributed by atoms with Crippen molar-refractivity contribution in [3.8, 4) is 0 Å². The van der Waals surface area contributed by atoms with Gasteiger partial charge in [0.25, 0.3) is 0 Å². The second-order valence-electron chi connectivity index (χ2n) is 4.32. The summed E-state index contributed by atoms with van der Waals surface area (Å²) in [5.74, 6) is -0.185. The van der Waals surface area contributed by atoms with Crippen molar-refractivity contribution in [3.63, 3.8) is 0 Å². The van der Waals surface area contributed by atoms with Crippen LogP contribution in [0.25, 0.3) is 0 Å². The Hall–Kier alpha value is -1.16. The summed E-state index contributed by atoms with van der Waals surface area (Å²) in [4.78, 5) is 25.2. The zero-order chi connectivity index (χ0) is 12.4. The molecule has 2 rings (SSSR count). The molecule has 1 aromatic rings. The molecule has 1 aliphatic rings. The van der Waals surface area contributed by atoms with Crippen molar-refractivity contribution in [2.75, 3.05) is 4.90 Å². The average Bonchev–Trinajstić information content (AvgIpc) is 2.38. The van der Waals surface area contributed by atoms with Gasteiger partial charge >= 0.3 is 0 Å². The molecule has 0 aromatic heterocycles. The Bertz CT molecular complexity index is 432. The first-order valence-electron chi connectivity index (χ1n) is 5.71. The molecular formula is C13H14BrNO2.